The first kappa shape index (κ1) is 23.0. The third-order valence-corrected chi connectivity index (χ3v) is 6.97. The van der Waals surface area contributed by atoms with Crippen molar-refractivity contribution in [3.8, 4) is 11.5 Å². The molecule has 8 nitrogen and oxygen atoms in total. The lowest BCUT2D eigenvalue weighted by Gasteiger charge is -2.23. The van der Waals surface area contributed by atoms with Gasteiger partial charge in [-0.25, -0.2) is 4.79 Å². The first-order valence-electron chi connectivity index (χ1n) is 11.2. The minimum atomic E-state index is -1.34. The van der Waals surface area contributed by atoms with Crippen molar-refractivity contribution in [2.75, 3.05) is 13.3 Å². The van der Waals surface area contributed by atoms with E-state index in [-0.39, 0.29) is 19.1 Å². The second kappa shape index (κ2) is 8.46. The van der Waals surface area contributed by atoms with Crippen LogP contribution in [0.2, 0.25) is 5.02 Å². The molecule has 0 spiro atoms. The van der Waals surface area contributed by atoms with Crippen molar-refractivity contribution in [2.45, 2.75) is 32.9 Å². The monoisotopic (exact) mass is 493 g/mol. The average Bonchev–Trinajstić information content (AvgIpc) is 3.47. The van der Waals surface area contributed by atoms with E-state index in [4.69, 9.17) is 21.1 Å². The normalized spacial score (nSPS) is 18.8. The zero-order valence-corrected chi connectivity index (χ0v) is 20.3. The Labute approximate surface area is 207 Å². The van der Waals surface area contributed by atoms with Crippen LogP contribution in [0.15, 0.2) is 48.5 Å². The van der Waals surface area contributed by atoms with E-state index in [1.807, 2.05) is 36.6 Å². The van der Waals surface area contributed by atoms with Gasteiger partial charge >= 0.3 is 6.03 Å². The van der Waals surface area contributed by atoms with Gasteiger partial charge in [0, 0.05) is 34.1 Å². The number of hydrogen-bond donors (Lipinski definition) is 1. The molecular weight excluding hydrogens is 470 g/mol. The molecule has 0 radical (unpaired) electrons. The Kier molecular flexibility index (Phi) is 5.56. The number of rotatable bonds is 6. The molecule has 1 saturated heterocycles. The maximum Gasteiger partial charge on any atom is 0.325 e. The van der Waals surface area contributed by atoms with E-state index in [0.717, 1.165) is 21.9 Å². The van der Waals surface area contributed by atoms with Gasteiger partial charge in [0.1, 0.15) is 5.54 Å². The summed E-state index contributed by atoms with van der Waals surface area (Å²) >= 11 is 6.29. The fourth-order valence-corrected chi connectivity index (χ4v) is 4.99. The topological polar surface area (TPSA) is 89.9 Å². The Morgan fingerprint density at radius 2 is 1.83 bits per heavy atom. The number of urea groups is 1. The van der Waals surface area contributed by atoms with Crippen LogP contribution in [-0.4, -0.2) is 40.5 Å². The molecule has 2 aliphatic heterocycles. The lowest BCUT2D eigenvalue weighted by atomic mass is 9.92. The van der Waals surface area contributed by atoms with Crippen molar-refractivity contribution in [1.29, 1.82) is 0 Å². The van der Waals surface area contributed by atoms with E-state index in [0.29, 0.717) is 34.2 Å². The summed E-state index contributed by atoms with van der Waals surface area (Å²) < 4.78 is 12.9. The standard InChI is InChI=1S/C26H24ClN3O5/c1-15-10-18(16(2)29(15)12-17-8-9-22-23(11-17)35-14-34-22)21(31)13-30-24(32)26(3,28-25(30)33)19-6-4-5-7-20(19)27/h4-11H,12-14H2,1-3H3,(H,28,33)/t26-/m0/s1. The van der Waals surface area contributed by atoms with Gasteiger partial charge in [0.2, 0.25) is 6.79 Å². The van der Waals surface area contributed by atoms with Gasteiger partial charge in [-0.05, 0) is 50.6 Å². The number of hydrogen-bond acceptors (Lipinski definition) is 5. The molecule has 0 bridgehead atoms. The number of Topliss-reactive ketones (excluding diaryl/α,β-unsaturated/α-hetero) is 1. The number of fused-ring (bicyclic) bond motifs is 1. The zero-order chi connectivity index (χ0) is 24.9. The van der Waals surface area contributed by atoms with Crippen molar-refractivity contribution in [3.05, 3.63) is 81.6 Å². The molecule has 3 heterocycles. The quantitative estimate of drug-likeness (QED) is 0.411. The molecule has 1 fully saturated rings. The minimum Gasteiger partial charge on any atom is -0.454 e. The number of aryl methyl sites for hydroxylation is 1. The number of amides is 3. The largest absolute Gasteiger partial charge is 0.454 e. The van der Waals surface area contributed by atoms with Crippen LogP contribution in [0.4, 0.5) is 4.79 Å². The predicted molar refractivity (Wildman–Crippen MR) is 129 cm³/mol. The minimum absolute atomic E-state index is 0.206. The summed E-state index contributed by atoms with van der Waals surface area (Å²) in [4.78, 5) is 40.2. The van der Waals surface area contributed by atoms with Crippen molar-refractivity contribution in [1.82, 2.24) is 14.8 Å². The molecule has 3 aromatic rings. The number of ether oxygens (including phenoxy) is 2. The molecule has 180 valence electrons. The average molecular weight is 494 g/mol. The zero-order valence-electron chi connectivity index (χ0n) is 19.6. The fourth-order valence-electron chi connectivity index (χ4n) is 4.67. The Morgan fingerprint density at radius 3 is 2.60 bits per heavy atom. The highest BCUT2D eigenvalue weighted by molar-refractivity contribution is 6.32. The van der Waals surface area contributed by atoms with Gasteiger partial charge in [-0.1, -0.05) is 35.9 Å². The van der Waals surface area contributed by atoms with Gasteiger partial charge < -0.3 is 19.4 Å². The van der Waals surface area contributed by atoms with E-state index < -0.39 is 17.5 Å². The van der Waals surface area contributed by atoms with Crippen LogP contribution in [0.5, 0.6) is 11.5 Å². The van der Waals surface area contributed by atoms with Gasteiger partial charge in [-0.3, -0.25) is 14.5 Å². The molecule has 0 unspecified atom stereocenters. The molecule has 35 heavy (non-hydrogen) atoms. The number of carbonyl (C=O) groups is 3. The Bertz CT molecular complexity index is 1380. The summed E-state index contributed by atoms with van der Waals surface area (Å²) in [6, 6.07) is 13.7. The van der Waals surface area contributed by atoms with E-state index in [1.54, 1.807) is 37.3 Å². The number of nitrogens with one attached hydrogen (secondary N) is 1. The third kappa shape index (κ3) is 3.83. The maximum absolute atomic E-state index is 13.3. The lowest BCUT2D eigenvalue weighted by molar-refractivity contribution is -0.130. The smallest absolute Gasteiger partial charge is 0.325 e. The Balaban J connectivity index is 1.36. The highest BCUT2D eigenvalue weighted by Crippen LogP contribution is 2.34. The van der Waals surface area contributed by atoms with Crippen molar-refractivity contribution < 1.29 is 23.9 Å². The summed E-state index contributed by atoms with van der Waals surface area (Å²) in [6.45, 7) is 5.74. The SMILES string of the molecule is Cc1cc(C(=O)CN2C(=O)N[C@@](C)(c3ccccc3Cl)C2=O)c(C)n1Cc1ccc2c(c1)OCO2. The van der Waals surface area contributed by atoms with E-state index in [1.165, 1.54) is 0 Å². The molecule has 0 aliphatic carbocycles. The number of nitrogens with zero attached hydrogens (tertiary/aromatic N) is 2. The van der Waals surface area contributed by atoms with Crippen molar-refractivity contribution in [3.63, 3.8) is 0 Å². The van der Waals surface area contributed by atoms with E-state index >= 15 is 0 Å². The van der Waals surface area contributed by atoms with Crippen molar-refractivity contribution >= 4 is 29.3 Å². The number of imide groups is 1. The number of carbonyl (C=O) groups excluding carboxylic acids is 3. The third-order valence-electron chi connectivity index (χ3n) is 6.64. The van der Waals surface area contributed by atoms with Crippen LogP contribution >= 0.6 is 11.6 Å². The summed E-state index contributed by atoms with van der Waals surface area (Å²) in [5, 5.41) is 3.07. The second-order valence-corrected chi connectivity index (χ2v) is 9.32. The molecule has 0 saturated carbocycles. The van der Waals surface area contributed by atoms with Crippen LogP contribution < -0.4 is 14.8 Å². The molecule has 1 aromatic heterocycles. The van der Waals surface area contributed by atoms with Gasteiger partial charge in [0.25, 0.3) is 5.91 Å². The van der Waals surface area contributed by atoms with Crippen molar-refractivity contribution in [2.24, 2.45) is 0 Å². The summed E-state index contributed by atoms with van der Waals surface area (Å²) in [7, 11) is 0. The summed E-state index contributed by atoms with van der Waals surface area (Å²) in [5.41, 5.74) is 2.26. The van der Waals surface area contributed by atoms with E-state index in [2.05, 4.69) is 5.32 Å². The molecule has 2 aliphatic rings. The summed E-state index contributed by atoms with van der Waals surface area (Å²) in [5.74, 6) is 0.573. The molecular formula is C26H24ClN3O5. The van der Waals surface area contributed by atoms with Gasteiger partial charge in [-0.2, -0.15) is 0 Å². The van der Waals surface area contributed by atoms with Gasteiger partial charge in [-0.15, -0.1) is 0 Å². The fraction of sp³-hybridized carbons (Fsp3) is 0.269. The Morgan fingerprint density at radius 1 is 1.09 bits per heavy atom. The first-order chi connectivity index (χ1) is 16.7. The van der Waals surface area contributed by atoms with Gasteiger partial charge in [0.05, 0.1) is 6.54 Å². The highest BCUT2D eigenvalue weighted by atomic mass is 35.5. The van der Waals surface area contributed by atoms with Crippen LogP contribution in [0.3, 0.4) is 0 Å². The van der Waals surface area contributed by atoms with Crippen LogP contribution in [0.1, 0.15) is 39.8 Å². The highest BCUT2D eigenvalue weighted by Gasteiger charge is 2.50. The predicted octanol–water partition coefficient (Wildman–Crippen LogP) is 4.19. The van der Waals surface area contributed by atoms with Crippen LogP contribution in [0, 0.1) is 13.8 Å². The number of ketones is 1. The number of benzene rings is 2. The molecule has 9 heteroatoms. The summed E-state index contributed by atoms with van der Waals surface area (Å²) in [6.07, 6.45) is 0. The Hall–Kier alpha value is -3.78. The maximum atomic E-state index is 13.3. The number of aromatic nitrogens is 1. The number of halogens is 1. The molecule has 3 amide bonds. The molecule has 1 atom stereocenters. The first-order valence-corrected chi connectivity index (χ1v) is 11.5. The molecule has 1 N–H and O–H groups in total. The second-order valence-electron chi connectivity index (χ2n) is 8.91. The molecule has 5 rings (SSSR count). The van der Waals surface area contributed by atoms with Crippen LogP contribution in [0.25, 0.3) is 0 Å². The molecule has 2 aromatic carbocycles. The lowest BCUT2D eigenvalue weighted by Crippen LogP contribution is -2.41. The van der Waals surface area contributed by atoms with E-state index in [9.17, 15) is 14.4 Å². The van der Waals surface area contributed by atoms with Gasteiger partial charge in [0.15, 0.2) is 17.3 Å². The van der Waals surface area contributed by atoms with Crippen LogP contribution in [-0.2, 0) is 16.9 Å².